The summed E-state index contributed by atoms with van der Waals surface area (Å²) in [6.07, 6.45) is 2.68. The monoisotopic (exact) mass is 201 g/mol. The van der Waals surface area contributed by atoms with Crippen molar-refractivity contribution in [3.8, 4) is 0 Å². The fourth-order valence-electron chi connectivity index (χ4n) is 1.14. The predicted octanol–water partition coefficient (Wildman–Crippen LogP) is 2.83. The lowest BCUT2D eigenvalue weighted by atomic mass is 9.94. The second kappa shape index (κ2) is 7.24. The largest absolute Gasteiger partial charge is 0.378 e. The Labute approximate surface area is 89.4 Å². The van der Waals surface area contributed by atoms with Gasteiger partial charge in [0.2, 0.25) is 0 Å². The highest BCUT2D eigenvalue weighted by Gasteiger charge is 2.18. The molecule has 1 atom stereocenters. The standard InChI is InChI=1S/C12H27NO/c1-6-8-13-9-12(4,5)10-14-11(3)7-2/h11,13H,6-10H2,1-5H3. The lowest BCUT2D eigenvalue weighted by Crippen LogP contribution is -2.34. The summed E-state index contributed by atoms with van der Waals surface area (Å²) >= 11 is 0. The van der Waals surface area contributed by atoms with Crippen LogP contribution >= 0.6 is 0 Å². The normalized spacial score (nSPS) is 14.4. The van der Waals surface area contributed by atoms with Crippen molar-refractivity contribution in [2.24, 2.45) is 5.41 Å². The van der Waals surface area contributed by atoms with Crippen molar-refractivity contribution in [1.29, 1.82) is 0 Å². The van der Waals surface area contributed by atoms with Gasteiger partial charge in [0.15, 0.2) is 0 Å². The zero-order chi connectivity index (χ0) is 11.0. The SMILES string of the molecule is CCCNCC(C)(C)COC(C)CC. The summed E-state index contributed by atoms with van der Waals surface area (Å²) in [5.41, 5.74) is 0.249. The van der Waals surface area contributed by atoms with E-state index in [1.807, 2.05) is 0 Å². The first-order valence-electron chi connectivity index (χ1n) is 5.84. The average molecular weight is 201 g/mol. The Hall–Kier alpha value is -0.0800. The molecule has 0 spiro atoms. The maximum atomic E-state index is 5.75. The quantitative estimate of drug-likeness (QED) is 0.610. The van der Waals surface area contributed by atoms with Crippen LogP contribution in [-0.2, 0) is 4.74 Å². The van der Waals surface area contributed by atoms with Gasteiger partial charge in [-0.15, -0.1) is 0 Å². The van der Waals surface area contributed by atoms with Gasteiger partial charge in [0.1, 0.15) is 0 Å². The van der Waals surface area contributed by atoms with E-state index in [-0.39, 0.29) is 5.41 Å². The van der Waals surface area contributed by atoms with Crippen molar-refractivity contribution in [3.05, 3.63) is 0 Å². The topological polar surface area (TPSA) is 21.3 Å². The number of nitrogens with one attached hydrogen (secondary N) is 1. The Morgan fingerprint density at radius 1 is 1.29 bits per heavy atom. The van der Waals surface area contributed by atoms with Gasteiger partial charge >= 0.3 is 0 Å². The zero-order valence-electron chi connectivity index (χ0n) is 10.5. The third kappa shape index (κ3) is 7.34. The molecule has 0 aromatic rings. The van der Waals surface area contributed by atoms with Crippen LogP contribution in [0.3, 0.4) is 0 Å². The molecule has 0 aliphatic heterocycles. The van der Waals surface area contributed by atoms with Crippen LogP contribution in [0.4, 0.5) is 0 Å². The summed E-state index contributed by atoms with van der Waals surface area (Å²) in [6.45, 7) is 14.0. The van der Waals surface area contributed by atoms with Crippen LogP contribution in [0.5, 0.6) is 0 Å². The highest BCUT2D eigenvalue weighted by atomic mass is 16.5. The highest BCUT2D eigenvalue weighted by Crippen LogP contribution is 2.15. The summed E-state index contributed by atoms with van der Waals surface area (Å²) in [4.78, 5) is 0. The highest BCUT2D eigenvalue weighted by molar-refractivity contribution is 4.71. The van der Waals surface area contributed by atoms with Crippen molar-refractivity contribution in [2.45, 2.75) is 53.6 Å². The Bertz CT molecular complexity index is 134. The molecule has 1 N–H and O–H groups in total. The van der Waals surface area contributed by atoms with E-state index in [0.717, 1.165) is 26.1 Å². The molecule has 0 radical (unpaired) electrons. The van der Waals surface area contributed by atoms with E-state index in [1.165, 1.54) is 6.42 Å². The van der Waals surface area contributed by atoms with E-state index < -0.39 is 0 Å². The minimum absolute atomic E-state index is 0.249. The lowest BCUT2D eigenvalue weighted by molar-refractivity contribution is 0.0109. The molecule has 2 heteroatoms. The van der Waals surface area contributed by atoms with Gasteiger partial charge in [-0.05, 0) is 26.3 Å². The third-order valence-corrected chi connectivity index (χ3v) is 2.36. The molecule has 0 heterocycles. The van der Waals surface area contributed by atoms with Gasteiger partial charge in [0, 0.05) is 12.0 Å². The van der Waals surface area contributed by atoms with E-state index >= 15 is 0 Å². The average Bonchev–Trinajstić information content (AvgIpc) is 2.14. The van der Waals surface area contributed by atoms with Gasteiger partial charge in [0.25, 0.3) is 0 Å². The predicted molar refractivity (Wildman–Crippen MR) is 62.6 cm³/mol. The van der Waals surface area contributed by atoms with Gasteiger partial charge in [-0.2, -0.15) is 0 Å². The summed E-state index contributed by atoms with van der Waals surface area (Å²) in [6, 6.07) is 0. The van der Waals surface area contributed by atoms with E-state index in [9.17, 15) is 0 Å². The molecule has 0 aliphatic rings. The van der Waals surface area contributed by atoms with E-state index in [2.05, 4.69) is 39.9 Å². The van der Waals surface area contributed by atoms with Gasteiger partial charge in [-0.25, -0.2) is 0 Å². The molecular formula is C12H27NO. The third-order valence-electron chi connectivity index (χ3n) is 2.36. The zero-order valence-corrected chi connectivity index (χ0v) is 10.5. The van der Waals surface area contributed by atoms with Gasteiger partial charge in [-0.3, -0.25) is 0 Å². The second-order valence-electron chi connectivity index (χ2n) is 4.87. The molecule has 0 fully saturated rings. The van der Waals surface area contributed by atoms with Crippen LogP contribution in [-0.4, -0.2) is 25.8 Å². The van der Waals surface area contributed by atoms with Crippen LogP contribution in [0.25, 0.3) is 0 Å². The molecule has 86 valence electrons. The maximum absolute atomic E-state index is 5.75. The summed E-state index contributed by atoms with van der Waals surface area (Å²) < 4.78 is 5.75. The van der Waals surface area contributed by atoms with E-state index in [4.69, 9.17) is 4.74 Å². The number of ether oxygens (including phenoxy) is 1. The summed E-state index contributed by atoms with van der Waals surface area (Å²) in [5.74, 6) is 0. The van der Waals surface area contributed by atoms with Crippen LogP contribution in [0.2, 0.25) is 0 Å². The molecule has 0 bridgehead atoms. The molecular weight excluding hydrogens is 174 g/mol. The van der Waals surface area contributed by atoms with Crippen LogP contribution in [0, 0.1) is 5.41 Å². The molecule has 0 rings (SSSR count). The van der Waals surface area contributed by atoms with Crippen molar-refractivity contribution < 1.29 is 4.74 Å². The van der Waals surface area contributed by atoms with Gasteiger partial charge in [-0.1, -0.05) is 27.7 Å². The van der Waals surface area contributed by atoms with Crippen LogP contribution in [0.15, 0.2) is 0 Å². The molecule has 0 saturated carbocycles. The number of rotatable bonds is 8. The Balaban J connectivity index is 3.60. The van der Waals surface area contributed by atoms with Crippen molar-refractivity contribution in [3.63, 3.8) is 0 Å². The van der Waals surface area contributed by atoms with Gasteiger partial charge < -0.3 is 10.1 Å². The Morgan fingerprint density at radius 2 is 1.93 bits per heavy atom. The minimum Gasteiger partial charge on any atom is -0.378 e. The molecule has 1 unspecified atom stereocenters. The number of hydrogen-bond acceptors (Lipinski definition) is 2. The lowest BCUT2D eigenvalue weighted by Gasteiger charge is -2.26. The second-order valence-corrected chi connectivity index (χ2v) is 4.87. The van der Waals surface area contributed by atoms with Crippen LogP contribution in [0.1, 0.15) is 47.5 Å². The smallest absolute Gasteiger partial charge is 0.0544 e. The maximum Gasteiger partial charge on any atom is 0.0544 e. The van der Waals surface area contributed by atoms with E-state index in [0.29, 0.717) is 6.10 Å². The van der Waals surface area contributed by atoms with E-state index in [1.54, 1.807) is 0 Å². The molecule has 0 aliphatic carbocycles. The molecule has 0 aromatic carbocycles. The Morgan fingerprint density at radius 3 is 2.43 bits per heavy atom. The van der Waals surface area contributed by atoms with Crippen molar-refractivity contribution >= 4 is 0 Å². The van der Waals surface area contributed by atoms with Crippen molar-refractivity contribution in [2.75, 3.05) is 19.7 Å². The fraction of sp³-hybridized carbons (Fsp3) is 1.00. The van der Waals surface area contributed by atoms with Crippen molar-refractivity contribution in [1.82, 2.24) is 5.32 Å². The molecule has 2 nitrogen and oxygen atoms in total. The molecule has 14 heavy (non-hydrogen) atoms. The molecule has 0 amide bonds. The summed E-state index contributed by atoms with van der Waals surface area (Å²) in [7, 11) is 0. The Kier molecular flexibility index (Phi) is 7.20. The van der Waals surface area contributed by atoms with Crippen LogP contribution < -0.4 is 5.32 Å². The summed E-state index contributed by atoms with van der Waals surface area (Å²) in [5, 5.41) is 3.44. The first-order chi connectivity index (χ1) is 6.52. The first-order valence-corrected chi connectivity index (χ1v) is 5.84. The minimum atomic E-state index is 0.249. The molecule has 0 aromatic heterocycles. The first kappa shape index (κ1) is 13.9. The number of hydrogen-bond donors (Lipinski definition) is 1. The molecule has 0 saturated heterocycles. The fourth-order valence-corrected chi connectivity index (χ4v) is 1.14. The van der Waals surface area contributed by atoms with Gasteiger partial charge in [0.05, 0.1) is 12.7 Å².